The Labute approximate surface area is 237 Å². The molecular formula is C29H43N5O5S. The standard InChI is InChI=1S/C29H43N5O5S/c1-20(2)34-26-9-6-5-8-21(26)16-27(28(34)35)39-29(36)30-22-17-23-10-11-24(18-22)33(23)13-7-15-40(37,38)32-14-12-25(19-32)31(3)4/h5-6,8-9,16,20,22-25H,7,10-15,17-19H2,1-4H3,(H,30,36)/t22-,23-,24+,25?. The number of fused-ring (bicyclic) bond motifs is 3. The molecule has 1 aromatic heterocycles. The summed E-state index contributed by atoms with van der Waals surface area (Å²) >= 11 is 0. The summed E-state index contributed by atoms with van der Waals surface area (Å²) in [5.74, 6) is 0.206. The van der Waals surface area contributed by atoms with Crippen LogP contribution in [0.25, 0.3) is 10.9 Å². The molecule has 0 spiro atoms. The number of rotatable bonds is 9. The molecule has 3 fully saturated rings. The molecule has 0 saturated carbocycles. The lowest BCUT2D eigenvalue weighted by atomic mass is 9.97. The minimum atomic E-state index is -3.24. The summed E-state index contributed by atoms with van der Waals surface area (Å²) in [5.41, 5.74) is 0.491. The molecule has 4 atom stereocenters. The van der Waals surface area contributed by atoms with Crippen LogP contribution in [0.5, 0.6) is 5.75 Å². The lowest BCUT2D eigenvalue weighted by Crippen LogP contribution is -2.51. The van der Waals surface area contributed by atoms with Crippen LogP contribution in [0, 0.1) is 0 Å². The maximum Gasteiger partial charge on any atom is 0.413 e. The molecule has 10 nitrogen and oxygen atoms in total. The predicted molar refractivity (Wildman–Crippen MR) is 156 cm³/mol. The van der Waals surface area contributed by atoms with Crippen molar-refractivity contribution in [3.8, 4) is 5.75 Å². The van der Waals surface area contributed by atoms with Crippen molar-refractivity contribution in [3.63, 3.8) is 0 Å². The summed E-state index contributed by atoms with van der Waals surface area (Å²) in [6.07, 6.45) is 4.58. The van der Waals surface area contributed by atoms with Gasteiger partial charge in [0.25, 0.3) is 5.56 Å². The quantitative estimate of drug-likeness (QED) is 0.492. The van der Waals surface area contributed by atoms with Gasteiger partial charge in [0.1, 0.15) is 0 Å². The molecule has 220 valence electrons. The highest BCUT2D eigenvalue weighted by Gasteiger charge is 2.41. The van der Waals surface area contributed by atoms with Gasteiger partial charge in [-0.25, -0.2) is 17.5 Å². The van der Waals surface area contributed by atoms with Crippen LogP contribution in [0.1, 0.15) is 58.4 Å². The van der Waals surface area contributed by atoms with Crippen molar-refractivity contribution in [1.82, 2.24) is 24.0 Å². The van der Waals surface area contributed by atoms with Crippen molar-refractivity contribution < 1.29 is 17.9 Å². The molecule has 1 unspecified atom stereocenters. The first-order valence-corrected chi connectivity index (χ1v) is 16.2. The van der Waals surface area contributed by atoms with E-state index in [2.05, 4.69) is 15.1 Å². The Morgan fingerprint density at radius 3 is 2.48 bits per heavy atom. The second-order valence-corrected chi connectivity index (χ2v) is 14.2. The normalized spacial score (nSPS) is 25.8. The fourth-order valence-electron chi connectivity index (χ4n) is 6.84. The average molecular weight is 574 g/mol. The smallest absolute Gasteiger partial charge is 0.404 e. The summed E-state index contributed by atoms with van der Waals surface area (Å²) in [7, 11) is 0.757. The van der Waals surface area contributed by atoms with E-state index < -0.39 is 16.1 Å². The largest absolute Gasteiger partial charge is 0.413 e. The van der Waals surface area contributed by atoms with Gasteiger partial charge in [0.15, 0.2) is 5.75 Å². The highest BCUT2D eigenvalue weighted by Crippen LogP contribution is 2.36. The van der Waals surface area contributed by atoms with E-state index in [0.717, 1.165) is 49.6 Å². The molecule has 0 radical (unpaired) electrons. The van der Waals surface area contributed by atoms with Crippen LogP contribution in [0.3, 0.4) is 0 Å². The highest BCUT2D eigenvalue weighted by atomic mass is 32.2. The molecular weight excluding hydrogens is 530 g/mol. The first-order chi connectivity index (χ1) is 19.0. The first-order valence-electron chi connectivity index (χ1n) is 14.6. The third-order valence-electron chi connectivity index (χ3n) is 8.91. The number of piperidine rings is 1. The number of likely N-dealkylation sites (N-methyl/N-ethyl adjacent to an activating group) is 1. The van der Waals surface area contributed by atoms with Crippen molar-refractivity contribution in [3.05, 3.63) is 40.7 Å². The molecule has 3 aliphatic rings. The van der Waals surface area contributed by atoms with E-state index >= 15 is 0 Å². The third kappa shape index (κ3) is 6.07. The Balaban J connectivity index is 1.14. The number of hydrogen-bond donors (Lipinski definition) is 1. The lowest BCUT2D eigenvalue weighted by molar-refractivity contribution is 0.114. The molecule has 1 N–H and O–H groups in total. The van der Waals surface area contributed by atoms with Crippen LogP contribution in [-0.2, 0) is 10.0 Å². The van der Waals surface area contributed by atoms with E-state index in [1.807, 2.05) is 52.2 Å². The first kappa shape index (κ1) is 29.0. The summed E-state index contributed by atoms with van der Waals surface area (Å²) in [6, 6.07) is 10.0. The Morgan fingerprint density at radius 1 is 1.12 bits per heavy atom. The maximum atomic E-state index is 13.1. The molecule has 11 heteroatoms. The molecule has 1 amide bonds. The number of nitrogens with zero attached hydrogens (tertiary/aromatic N) is 4. The van der Waals surface area contributed by atoms with E-state index in [1.54, 1.807) is 14.9 Å². The molecule has 2 aromatic rings. The van der Waals surface area contributed by atoms with Crippen molar-refractivity contribution in [2.45, 2.75) is 82.6 Å². The second kappa shape index (κ2) is 11.8. The van der Waals surface area contributed by atoms with Crippen LogP contribution in [0.4, 0.5) is 4.79 Å². The highest BCUT2D eigenvalue weighted by molar-refractivity contribution is 7.89. The van der Waals surface area contributed by atoms with E-state index in [-0.39, 0.29) is 29.1 Å². The Morgan fingerprint density at radius 2 is 1.82 bits per heavy atom. The Bertz CT molecular complexity index is 1380. The van der Waals surface area contributed by atoms with Gasteiger partial charge in [-0.3, -0.25) is 9.69 Å². The van der Waals surface area contributed by atoms with Crippen LogP contribution >= 0.6 is 0 Å². The van der Waals surface area contributed by atoms with Crippen molar-refractivity contribution in [2.75, 3.05) is 39.5 Å². The predicted octanol–water partition coefficient (Wildman–Crippen LogP) is 3.02. The number of para-hydroxylation sites is 1. The van der Waals surface area contributed by atoms with Gasteiger partial charge >= 0.3 is 6.09 Å². The van der Waals surface area contributed by atoms with Gasteiger partial charge in [0.05, 0.1) is 11.3 Å². The van der Waals surface area contributed by atoms with E-state index in [9.17, 15) is 18.0 Å². The van der Waals surface area contributed by atoms with Gasteiger partial charge in [-0.2, -0.15) is 0 Å². The number of hydrogen-bond acceptors (Lipinski definition) is 7. The van der Waals surface area contributed by atoms with Gasteiger partial charge in [0, 0.05) is 48.7 Å². The van der Waals surface area contributed by atoms with E-state index in [0.29, 0.717) is 37.6 Å². The molecule has 3 saturated heterocycles. The van der Waals surface area contributed by atoms with E-state index in [1.165, 1.54) is 0 Å². The molecule has 2 bridgehead atoms. The number of amides is 1. The number of ether oxygens (including phenoxy) is 1. The number of carbonyl (C=O) groups is 1. The van der Waals surface area contributed by atoms with Gasteiger partial charge < -0.3 is 19.5 Å². The molecule has 3 aliphatic heterocycles. The zero-order chi connectivity index (χ0) is 28.6. The van der Waals surface area contributed by atoms with Crippen molar-refractivity contribution in [1.29, 1.82) is 0 Å². The lowest BCUT2D eigenvalue weighted by Gasteiger charge is -2.39. The SMILES string of the molecule is CC(C)n1c(=O)c(OC(=O)N[C@@H]2C[C@H]3CC[C@@H](C2)N3CCCS(=O)(=O)N2CCC(N(C)C)C2)cc2ccccc21. The topological polar surface area (TPSA) is 104 Å². The third-order valence-corrected chi connectivity index (χ3v) is 10.8. The van der Waals surface area contributed by atoms with Crippen LogP contribution in [-0.4, -0.2) is 96.8 Å². The zero-order valence-electron chi connectivity index (χ0n) is 24.1. The molecule has 40 heavy (non-hydrogen) atoms. The van der Waals surface area contributed by atoms with Gasteiger partial charge in [-0.1, -0.05) is 18.2 Å². The fourth-order valence-corrected chi connectivity index (χ4v) is 8.38. The number of benzene rings is 1. The van der Waals surface area contributed by atoms with Gasteiger partial charge in [-0.05, 0) is 85.1 Å². The number of pyridine rings is 1. The summed E-state index contributed by atoms with van der Waals surface area (Å²) in [4.78, 5) is 30.5. The molecule has 1 aromatic carbocycles. The van der Waals surface area contributed by atoms with Crippen molar-refractivity contribution in [2.24, 2.45) is 0 Å². The van der Waals surface area contributed by atoms with E-state index in [4.69, 9.17) is 4.74 Å². The number of carbonyl (C=O) groups excluding carboxylic acids is 1. The zero-order valence-corrected chi connectivity index (χ0v) is 24.9. The number of nitrogens with one attached hydrogen (secondary N) is 1. The Hall–Kier alpha value is -2.47. The number of aromatic nitrogens is 1. The monoisotopic (exact) mass is 573 g/mol. The van der Waals surface area contributed by atoms with Crippen LogP contribution in [0.2, 0.25) is 0 Å². The molecule has 0 aliphatic carbocycles. The Kier molecular flexibility index (Phi) is 8.56. The minimum Gasteiger partial charge on any atom is -0.404 e. The summed E-state index contributed by atoms with van der Waals surface area (Å²) in [6.45, 7) is 5.81. The van der Waals surface area contributed by atoms with Crippen molar-refractivity contribution >= 4 is 27.0 Å². The van der Waals surface area contributed by atoms with Gasteiger partial charge in [0.2, 0.25) is 10.0 Å². The van der Waals surface area contributed by atoms with Gasteiger partial charge in [-0.15, -0.1) is 0 Å². The fraction of sp³-hybridized carbons (Fsp3) is 0.655. The number of sulfonamides is 1. The second-order valence-electron chi connectivity index (χ2n) is 12.1. The molecule has 5 rings (SSSR count). The summed E-state index contributed by atoms with van der Waals surface area (Å²) in [5, 5.41) is 3.84. The minimum absolute atomic E-state index is 0.0291. The average Bonchev–Trinajstić information content (AvgIpc) is 3.48. The molecule has 4 heterocycles. The summed E-state index contributed by atoms with van der Waals surface area (Å²) < 4.78 is 34.7. The van der Waals surface area contributed by atoms with Crippen LogP contribution in [0.15, 0.2) is 35.1 Å². The van der Waals surface area contributed by atoms with Crippen LogP contribution < -0.4 is 15.6 Å². The maximum absolute atomic E-state index is 13.1.